The van der Waals surface area contributed by atoms with E-state index in [1.165, 1.54) is 5.56 Å². The second-order valence-electron chi connectivity index (χ2n) is 8.55. The number of hydrogen-bond acceptors (Lipinski definition) is 5. The molecule has 0 spiro atoms. The monoisotopic (exact) mass is 403 g/mol. The van der Waals surface area contributed by atoms with Gasteiger partial charge in [-0.05, 0) is 69.3 Å². The van der Waals surface area contributed by atoms with Gasteiger partial charge in [0.1, 0.15) is 0 Å². The topological polar surface area (TPSA) is 84.9 Å². The van der Waals surface area contributed by atoms with Gasteiger partial charge in [0.05, 0.1) is 12.5 Å². The SMILES string of the molecule is C[C@H](NOC1(C=O)CCCCO1)[C@@H](CC1CCC(c2ccccc2)CC1)C(=O)O. The van der Waals surface area contributed by atoms with Crippen LogP contribution in [0.15, 0.2) is 30.3 Å². The third kappa shape index (κ3) is 5.87. The normalized spacial score (nSPS) is 29.7. The van der Waals surface area contributed by atoms with E-state index in [2.05, 4.69) is 29.7 Å². The van der Waals surface area contributed by atoms with Gasteiger partial charge in [-0.15, -0.1) is 0 Å². The molecule has 1 aliphatic carbocycles. The lowest BCUT2D eigenvalue weighted by Crippen LogP contribution is -2.49. The Hall–Kier alpha value is -1.76. The zero-order valence-corrected chi connectivity index (χ0v) is 17.2. The number of rotatable bonds is 9. The van der Waals surface area contributed by atoms with Crippen molar-refractivity contribution >= 4 is 12.3 Å². The maximum atomic E-state index is 11.9. The zero-order valence-electron chi connectivity index (χ0n) is 17.2. The fraction of sp³-hybridized carbons (Fsp3) is 0.652. The summed E-state index contributed by atoms with van der Waals surface area (Å²) in [6.45, 7) is 2.28. The van der Waals surface area contributed by atoms with Gasteiger partial charge in [-0.2, -0.15) is 5.48 Å². The standard InChI is InChI=1S/C23H33NO5/c1-17(24-29-23(16-25)13-5-6-14-28-23)21(22(26)27)15-18-9-11-20(12-10-18)19-7-3-2-4-8-19/h2-4,7-8,16-18,20-21,24H,5-6,9-15H2,1H3,(H,26,27)/t17-,18?,20?,21+,23?/m0/s1. The van der Waals surface area contributed by atoms with Crippen molar-refractivity contribution in [1.82, 2.24) is 5.48 Å². The Balaban J connectivity index is 1.50. The first-order valence-corrected chi connectivity index (χ1v) is 10.8. The molecule has 1 unspecified atom stereocenters. The van der Waals surface area contributed by atoms with Crippen molar-refractivity contribution in [2.45, 2.75) is 76.0 Å². The number of carbonyl (C=O) groups excluding carboxylic acids is 1. The summed E-state index contributed by atoms with van der Waals surface area (Å²) in [6, 6.07) is 10.2. The van der Waals surface area contributed by atoms with Crippen LogP contribution in [0.1, 0.15) is 69.8 Å². The van der Waals surface area contributed by atoms with Gasteiger partial charge in [0.2, 0.25) is 5.79 Å². The van der Waals surface area contributed by atoms with Crippen LogP contribution in [0.4, 0.5) is 0 Å². The van der Waals surface area contributed by atoms with Crippen LogP contribution < -0.4 is 5.48 Å². The predicted octanol–water partition coefficient (Wildman–Crippen LogP) is 4.06. The van der Waals surface area contributed by atoms with Crippen LogP contribution in [0.2, 0.25) is 0 Å². The molecule has 160 valence electrons. The average Bonchev–Trinajstić information content (AvgIpc) is 2.77. The first-order chi connectivity index (χ1) is 14.0. The summed E-state index contributed by atoms with van der Waals surface area (Å²) in [5.74, 6) is -1.72. The molecule has 6 heteroatoms. The van der Waals surface area contributed by atoms with Crippen molar-refractivity contribution in [2.24, 2.45) is 11.8 Å². The minimum Gasteiger partial charge on any atom is -0.481 e. The molecular weight excluding hydrogens is 370 g/mol. The van der Waals surface area contributed by atoms with E-state index < -0.39 is 23.7 Å². The van der Waals surface area contributed by atoms with Crippen molar-refractivity contribution in [2.75, 3.05) is 6.61 Å². The number of hydroxylamine groups is 1. The largest absolute Gasteiger partial charge is 0.481 e. The van der Waals surface area contributed by atoms with Gasteiger partial charge in [0, 0.05) is 12.5 Å². The van der Waals surface area contributed by atoms with E-state index in [9.17, 15) is 14.7 Å². The number of carboxylic acids is 1. The van der Waals surface area contributed by atoms with Crippen molar-refractivity contribution < 1.29 is 24.3 Å². The second-order valence-corrected chi connectivity index (χ2v) is 8.55. The molecule has 2 aliphatic rings. The number of benzene rings is 1. The minimum atomic E-state index is -1.29. The van der Waals surface area contributed by atoms with Crippen molar-refractivity contribution in [3.8, 4) is 0 Å². The molecule has 2 fully saturated rings. The van der Waals surface area contributed by atoms with Gasteiger partial charge in [-0.25, -0.2) is 0 Å². The molecular formula is C23H33NO5. The Morgan fingerprint density at radius 3 is 2.59 bits per heavy atom. The molecule has 0 bridgehead atoms. The molecule has 3 rings (SSSR count). The van der Waals surface area contributed by atoms with Gasteiger partial charge in [0.15, 0.2) is 6.29 Å². The molecule has 1 aromatic carbocycles. The van der Waals surface area contributed by atoms with E-state index >= 15 is 0 Å². The first-order valence-electron chi connectivity index (χ1n) is 10.8. The fourth-order valence-corrected chi connectivity index (χ4v) is 4.60. The summed E-state index contributed by atoms with van der Waals surface area (Å²) in [6.07, 6.45) is 7.80. The number of carbonyl (C=O) groups is 2. The number of ether oxygens (including phenoxy) is 1. The second kappa shape index (κ2) is 10.3. The summed E-state index contributed by atoms with van der Waals surface area (Å²) in [5.41, 5.74) is 4.20. The molecule has 3 atom stereocenters. The van der Waals surface area contributed by atoms with Gasteiger partial charge >= 0.3 is 5.97 Å². The Morgan fingerprint density at radius 1 is 1.28 bits per heavy atom. The molecule has 0 radical (unpaired) electrons. The molecule has 1 aliphatic heterocycles. The van der Waals surface area contributed by atoms with Crippen LogP contribution in [0.5, 0.6) is 0 Å². The summed E-state index contributed by atoms with van der Waals surface area (Å²) >= 11 is 0. The average molecular weight is 404 g/mol. The molecule has 1 heterocycles. The molecule has 29 heavy (non-hydrogen) atoms. The number of aliphatic carboxylic acids is 1. The highest BCUT2D eigenvalue weighted by Crippen LogP contribution is 2.38. The quantitative estimate of drug-likeness (QED) is 0.478. The Bertz CT molecular complexity index is 650. The molecule has 0 aromatic heterocycles. The van der Waals surface area contributed by atoms with Crippen LogP contribution in [-0.4, -0.2) is 35.8 Å². The lowest BCUT2D eigenvalue weighted by atomic mass is 9.75. The van der Waals surface area contributed by atoms with Gasteiger partial charge in [-0.1, -0.05) is 30.3 Å². The van der Waals surface area contributed by atoms with Gasteiger partial charge in [0.25, 0.3) is 0 Å². The zero-order chi connectivity index (χ0) is 20.7. The van der Waals surface area contributed by atoms with E-state index in [1.807, 2.05) is 6.07 Å². The molecule has 2 N–H and O–H groups in total. The maximum Gasteiger partial charge on any atom is 0.308 e. The lowest BCUT2D eigenvalue weighted by molar-refractivity contribution is -0.265. The molecule has 0 amide bonds. The highest BCUT2D eigenvalue weighted by Gasteiger charge is 2.37. The van der Waals surface area contributed by atoms with E-state index in [4.69, 9.17) is 9.57 Å². The third-order valence-electron chi connectivity index (χ3n) is 6.49. The van der Waals surface area contributed by atoms with Crippen LogP contribution >= 0.6 is 0 Å². The Labute approximate surface area is 172 Å². The van der Waals surface area contributed by atoms with Crippen LogP contribution in [0.25, 0.3) is 0 Å². The van der Waals surface area contributed by atoms with E-state index in [0.717, 1.165) is 38.5 Å². The first kappa shape index (κ1) is 21.9. The highest BCUT2D eigenvalue weighted by molar-refractivity contribution is 5.70. The van der Waals surface area contributed by atoms with E-state index in [-0.39, 0.29) is 0 Å². The number of aldehydes is 1. The summed E-state index contributed by atoms with van der Waals surface area (Å²) in [4.78, 5) is 28.9. The molecule has 1 saturated heterocycles. The smallest absolute Gasteiger partial charge is 0.308 e. The Kier molecular flexibility index (Phi) is 7.81. The molecule has 1 saturated carbocycles. The van der Waals surface area contributed by atoms with Crippen molar-refractivity contribution in [3.05, 3.63) is 35.9 Å². The Morgan fingerprint density at radius 2 is 2.00 bits per heavy atom. The summed E-state index contributed by atoms with van der Waals surface area (Å²) < 4.78 is 5.51. The lowest BCUT2D eigenvalue weighted by Gasteiger charge is -2.35. The van der Waals surface area contributed by atoms with E-state index in [0.29, 0.717) is 37.6 Å². The number of carboxylic acid groups (broad SMARTS) is 1. The molecule has 6 nitrogen and oxygen atoms in total. The van der Waals surface area contributed by atoms with Crippen molar-refractivity contribution in [1.29, 1.82) is 0 Å². The van der Waals surface area contributed by atoms with Crippen molar-refractivity contribution in [3.63, 3.8) is 0 Å². The van der Waals surface area contributed by atoms with Gasteiger partial charge in [-0.3, -0.25) is 14.4 Å². The number of nitrogens with one attached hydrogen (secondary N) is 1. The van der Waals surface area contributed by atoms with Crippen LogP contribution in [0, 0.1) is 11.8 Å². The maximum absolute atomic E-state index is 11.9. The highest BCUT2D eigenvalue weighted by atomic mass is 16.8. The van der Waals surface area contributed by atoms with Crippen LogP contribution in [0.3, 0.4) is 0 Å². The predicted molar refractivity (Wildman–Crippen MR) is 109 cm³/mol. The minimum absolute atomic E-state index is 0.395. The van der Waals surface area contributed by atoms with E-state index in [1.54, 1.807) is 6.92 Å². The number of hydrogen-bond donors (Lipinski definition) is 2. The fourth-order valence-electron chi connectivity index (χ4n) is 4.60. The third-order valence-corrected chi connectivity index (χ3v) is 6.49. The van der Waals surface area contributed by atoms with Gasteiger partial charge < -0.3 is 9.84 Å². The summed E-state index contributed by atoms with van der Waals surface area (Å²) in [7, 11) is 0. The van der Waals surface area contributed by atoms with Crippen LogP contribution in [-0.2, 0) is 19.2 Å². The summed E-state index contributed by atoms with van der Waals surface area (Å²) in [5, 5.41) is 9.77. The molecule has 1 aromatic rings.